The molecule has 1 N–H and O–H groups in total. The molecule has 2 rings (SSSR count). The molecule has 1 aromatic carbocycles. The van der Waals surface area contributed by atoms with Gasteiger partial charge < -0.3 is 10.2 Å². The fourth-order valence-electron chi connectivity index (χ4n) is 1.76. The summed E-state index contributed by atoms with van der Waals surface area (Å²) in [5.41, 5.74) is 0.881. The van der Waals surface area contributed by atoms with Crippen LogP contribution >= 0.6 is 0 Å². The fraction of sp³-hybridized carbons (Fsp3) is 0.385. The van der Waals surface area contributed by atoms with E-state index in [1.54, 1.807) is 11.9 Å². The minimum atomic E-state index is -0.0712. The van der Waals surface area contributed by atoms with Crippen molar-refractivity contribution < 1.29 is 4.79 Å². The zero-order valence-electron chi connectivity index (χ0n) is 10.0. The van der Waals surface area contributed by atoms with E-state index < -0.39 is 0 Å². The van der Waals surface area contributed by atoms with Gasteiger partial charge in [0.2, 0.25) is 0 Å². The fourth-order valence-corrected chi connectivity index (χ4v) is 1.76. The summed E-state index contributed by atoms with van der Waals surface area (Å²) in [6.07, 6.45) is 2.11. The van der Waals surface area contributed by atoms with Crippen LogP contribution in [0.3, 0.4) is 0 Å². The molecule has 0 aliphatic carbocycles. The number of hydrogen-bond donors (Lipinski definition) is 1. The second kappa shape index (κ2) is 5.48. The van der Waals surface area contributed by atoms with Crippen molar-refractivity contribution in [3.8, 4) is 0 Å². The topological polar surface area (TPSA) is 44.7 Å². The molecule has 0 saturated carbocycles. The largest absolute Gasteiger partial charge is 0.366 e. The van der Waals surface area contributed by atoms with Gasteiger partial charge in [0, 0.05) is 25.8 Å². The van der Waals surface area contributed by atoms with Gasteiger partial charge in [-0.25, -0.2) is 0 Å². The molecule has 0 atom stereocenters. The Morgan fingerprint density at radius 1 is 1.29 bits per heavy atom. The van der Waals surface area contributed by atoms with Crippen LogP contribution in [0.4, 0.5) is 5.69 Å². The molecule has 17 heavy (non-hydrogen) atoms. The number of para-hydroxylation sites is 1. The maximum absolute atomic E-state index is 12.2. The van der Waals surface area contributed by atoms with E-state index in [0.29, 0.717) is 5.84 Å². The van der Waals surface area contributed by atoms with Gasteiger partial charge in [-0.05, 0) is 25.0 Å². The smallest absolute Gasteiger partial charge is 0.293 e. The third-order valence-corrected chi connectivity index (χ3v) is 2.80. The van der Waals surface area contributed by atoms with Gasteiger partial charge in [-0.3, -0.25) is 9.79 Å². The molecule has 4 heteroatoms. The van der Waals surface area contributed by atoms with E-state index in [1.807, 2.05) is 30.3 Å². The summed E-state index contributed by atoms with van der Waals surface area (Å²) in [6, 6.07) is 9.59. The van der Waals surface area contributed by atoms with Crippen LogP contribution < -0.4 is 10.2 Å². The molecule has 1 amide bonds. The summed E-state index contributed by atoms with van der Waals surface area (Å²) in [5.74, 6) is 0.409. The van der Waals surface area contributed by atoms with Gasteiger partial charge in [-0.15, -0.1) is 0 Å². The van der Waals surface area contributed by atoms with Gasteiger partial charge in [-0.2, -0.15) is 0 Å². The lowest BCUT2D eigenvalue weighted by Gasteiger charge is -2.18. The van der Waals surface area contributed by atoms with Crippen molar-refractivity contribution >= 4 is 17.4 Å². The second-order valence-electron chi connectivity index (χ2n) is 4.06. The predicted molar refractivity (Wildman–Crippen MR) is 69.4 cm³/mol. The molecule has 0 spiro atoms. The predicted octanol–water partition coefficient (Wildman–Crippen LogP) is 1.43. The Bertz CT molecular complexity index is 414. The number of likely N-dealkylation sites (N-methyl/N-ethyl adjacent to an activating group) is 1. The highest BCUT2D eigenvalue weighted by Crippen LogP contribution is 2.11. The molecular formula is C13H17N3O. The van der Waals surface area contributed by atoms with Crippen LogP contribution in [0.2, 0.25) is 0 Å². The molecule has 90 valence electrons. The third kappa shape index (κ3) is 2.84. The van der Waals surface area contributed by atoms with Crippen LogP contribution in [0.15, 0.2) is 35.3 Å². The van der Waals surface area contributed by atoms with Gasteiger partial charge in [0.05, 0.1) is 0 Å². The van der Waals surface area contributed by atoms with Crippen molar-refractivity contribution in [3.05, 3.63) is 30.3 Å². The summed E-state index contributed by atoms with van der Waals surface area (Å²) in [7, 11) is 1.77. The number of rotatable bonds is 2. The number of anilines is 1. The molecule has 1 aliphatic rings. The highest BCUT2D eigenvalue weighted by atomic mass is 16.2. The number of hydrogen-bond acceptors (Lipinski definition) is 3. The number of nitrogens with one attached hydrogen (secondary N) is 1. The number of aliphatic imine (C=N–C) groups is 1. The highest BCUT2D eigenvalue weighted by Gasteiger charge is 2.18. The van der Waals surface area contributed by atoms with Crippen molar-refractivity contribution in [3.63, 3.8) is 0 Å². The average Bonchev–Trinajstić information content (AvgIpc) is 2.67. The maximum atomic E-state index is 12.2. The molecule has 1 aliphatic heterocycles. The maximum Gasteiger partial charge on any atom is 0.293 e. The number of amides is 1. The molecule has 1 heterocycles. The van der Waals surface area contributed by atoms with Crippen molar-refractivity contribution in [1.82, 2.24) is 5.32 Å². The highest BCUT2D eigenvalue weighted by molar-refractivity contribution is 6.42. The van der Waals surface area contributed by atoms with Gasteiger partial charge in [0.25, 0.3) is 5.91 Å². The first-order valence-electron chi connectivity index (χ1n) is 5.90. The zero-order chi connectivity index (χ0) is 12.1. The van der Waals surface area contributed by atoms with E-state index >= 15 is 0 Å². The van der Waals surface area contributed by atoms with Crippen LogP contribution in [0.1, 0.15) is 12.8 Å². The molecule has 0 aromatic heterocycles. The van der Waals surface area contributed by atoms with Crippen LogP contribution in [-0.2, 0) is 4.79 Å². The van der Waals surface area contributed by atoms with Gasteiger partial charge >= 0.3 is 0 Å². The Labute approximate surface area is 101 Å². The van der Waals surface area contributed by atoms with Gasteiger partial charge in [0.15, 0.2) is 5.84 Å². The average molecular weight is 231 g/mol. The minimum absolute atomic E-state index is 0.0712. The Kier molecular flexibility index (Phi) is 3.75. The second-order valence-corrected chi connectivity index (χ2v) is 4.06. The molecule has 0 saturated heterocycles. The lowest BCUT2D eigenvalue weighted by Crippen LogP contribution is -2.41. The first-order chi connectivity index (χ1) is 8.29. The first-order valence-corrected chi connectivity index (χ1v) is 5.90. The summed E-state index contributed by atoms with van der Waals surface area (Å²) < 4.78 is 0. The van der Waals surface area contributed by atoms with E-state index in [-0.39, 0.29) is 5.91 Å². The van der Waals surface area contributed by atoms with Gasteiger partial charge in [0.1, 0.15) is 0 Å². The number of carbonyl (C=O) groups excluding carboxylic acids is 1. The Hall–Kier alpha value is -1.84. The molecule has 0 unspecified atom stereocenters. The molecule has 4 nitrogen and oxygen atoms in total. The standard InChI is InChI=1S/C13H17N3O/c1-16(11-7-3-2-4-8-11)13(17)12-14-9-5-6-10-15-12/h2-4,7-8H,5-6,9-10H2,1H3,(H,14,15). The summed E-state index contributed by atoms with van der Waals surface area (Å²) in [6.45, 7) is 1.56. The molecular weight excluding hydrogens is 214 g/mol. The number of amidine groups is 1. The van der Waals surface area contributed by atoms with Crippen molar-refractivity contribution in [2.75, 3.05) is 25.0 Å². The monoisotopic (exact) mass is 231 g/mol. The number of benzene rings is 1. The Morgan fingerprint density at radius 3 is 2.82 bits per heavy atom. The summed E-state index contributed by atoms with van der Waals surface area (Å²) in [4.78, 5) is 18.1. The van der Waals surface area contributed by atoms with E-state index in [4.69, 9.17) is 0 Å². The van der Waals surface area contributed by atoms with Crippen molar-refractivity contribution in [2.45, 2.75) is 12.8 Å². The van der Waals surface area contributed by atoms with Crippen LogP contribution in [0, 0.1) is 0 Å². The summed E-state index contributed by atoms with van der Waals surface area (Å²) >= 11 is 0. The van der Waals surface area contributed by atoms with Crippen LogP contribution in [0.5, 0.6) is 0 Å². The number of carbonyl (C=O) groups is 1. The summed E-state index contributed by atoms with van der Waals surface area (Å²) in [5, 5.41) is 3.09. The van der Waals surface area contributed by atoms with Crippen molar-refractivity contribution in [2.24, 2.45) is 4.99 Å². The lowest BCUT2D eigenvalue weighted by molar-refractivity contribution is -0.112. The SMILES string of the molecule is CN(C(=O)C1=NCCCCN1)c1ccccc1. The van der Waals surface area contributed by atoms with Gasteiger partial charge in [-0.1, -0.05) is 18.2 Å². The molecule has 1 aromatic rings. The Morgan fingerprint density at radius 2 is 2.06 bits per heavy atom. The molecule has 0 bridgehead atoms. The number of nitrogens with zero attached hydrogens (tertiary/aromatic N) is 2. The van der Waals surface area contributed by atoms with E-state index in [9.17, 15) is 4.79 Å². The lowest BCUT2D eigenvalue weighted by atomic mass is 10.3. The van der Waals surface area contributed by atoms with E-state index in [0.717, 1.165) is 31.6 Å². The van der Waals surface area contributed by atoms with Crippen LogP contribution in [0.25, 0.3) is 0 Å². The third-order valence-electron chi connectivity index (χ3n) is 2.80. The zero-order valence-corrected chi connectivity index (χ0v) is 10.0. The van der Waals surface area contributed by atoms with Crippen molar-refractivity contribution in [1.29, 1.82) is 0 Å². The Balaban J connectivity index is 2.11. The molecule has 0 fully saturated rings. The van der Waals surface area contributed by atoms with E-state index in [2.05, 4.69) is 10.3 Å². The van der Waals surface area contributed by atoms with E-state index in [1.165, 1.54) is 0 Å². The first kappa shape index (κ1) is 11.6. The van der Waals surface area contributed by atoms with Crippen LogP contribution in [-0.4, -0.2) is 31.9 Å². The molecule has 0 radical (unpaired) electrons. The minimum Gasteiger partial charge on any atom is -0.366 e. The normalized spacial score (nSPS) is 15.5. The quantitative estimate of drug-likeness (QED) is 0.837.